The highest BCUT2D eigenvalue weighted by Crippen LogP contribution is 2.22. The van der Waals surface area contributed by atoms with Crippen LogP contribution in [0.2, 0.25) is 0 Å². The van der Waals surface area contributed by atoms with Crippen molar-refractivity contribution in [3.63, 3.8) is 0 Å². The average Bonchev–Trinajstić information content (AvgIpc) is 2.64. The molecule has 1 aromatic rings. The second-order valence-corrected chi connectivity index (χ2v) is 6.37. The highest BCUT2D eigenvalue weighted by atomic mass is 16.3. The van der Waals surface area contributed by atoms with Crippen LogP contribution in [-0.2, 0) is 6.54 Å². The zero-order chi connectivity index (χ0) is 17.4. The van der Waals surface area contributed by atoms with Crippen molar-refractivity contribution in [3.05, 3.63) is 77.9 Å². The van der Waals surface area contributed by atoms with Crippen molar-refractivity contribution in [1.82, 2.24) is 4.90 Å². The second-order valence-electron chi connectivity index (χ2n) is 6.37. The summed E-state index contributed by atoms with van der Waals surface area (Å²) in [5, 5.41) is 9.77. The van der Waals surface area contributed by atoms with Crippen molar-refractivity contribution in [2.45, 2.75) is 38.8 Å². The van der Waals surface area contributed by atoms with E-state index in [1.807, 2.05) is 12.2 Å². The second kappa shape index (κ2) is 9.41. The number of rotatable bonds is 9. The van der Waals surface area contributed by atoms with E-state index < -0.39 is 0 Å². The molecule has 1 aromatic carbocycles. The van der Waals surface area contributed by atoms with Crippen LogP contribution in [0.25, 0.3) is 6.08 Å². The van der Waals surface area contributed by atoms with Gasteiger partial charge in [-0.25, -0.2) is 0 Å². The van der Waals surface area contributed by atoms with E-state index in [0.29, 0.717) is 0 Å². The predicted octanol–water partition coefficient (Wildman–Crippen LogP) is 4.74. The first-order valence-electron chi connectivity index (χ1n) is 8.77. The van der Waals surface area contributed by atoms with Crippen molar-refractivity contribution in [3.8, 4) is 0 Å². The first kappa shape index (κ1) is 18.4. The summed E-state index contributed by atoms with van der Waals surface area (Å²) in [6.07, 6.45) is 11.3. The third-order valence-electron chi connectivity index (χ3n) is 4.74. The van der Waals surface area contributed by atoms with Crippen molar-refractivity contribution in [2.24, 2.45) is 0 Å². The maximum Gasteiger partial charge on any atom is 0.0587 e. The van der Waals surface area contributed by atoms with Crippen LogP contribution in [-0.4, -0.2) is 29.2 Å². The highest BCUT2D eigenvalue weighted by molar-refractivity contribution is 5.47. The molecule has 0 fully saturated rings. The average molecular weight is 323 g/mol. The number of aliphatic hydroxyl groups excluding tert-OH is 1. The van der Waals surface area contributed by atoms with E-state index in [0.717, 1.165) is 37.9 Å². The van der Waals surface area contributed by atoms with Gasteiger partial charge in [-0.1, -0.05) is 74.2 Å². The molecule has 2 nitrogen and oxygen atoms in total. The van der Waals surface area contributed by atoms with Gasteiger partial charge >= 0.3 is 0 Å². The molecule has 1 unspecified atom stereocenters. The monoisotopic (exact) mass is 323 g/mol. The molecule has 128 valence electrons. The van der Waals surface area contributed by atoms with Gasteiger partial charge in [0.25, 0.3) is 0 Å². The number of benzene rings is 1. The van der Waals surface area contributed by atoms with Crippen molar-refractivity contribution >= 4 is 6.08 Å². The molecular formula is C22H29NO. The smallest absolute Gasteiger partial charge is 0.0587 e. The SMILES string of the molecule is C=CC1=CC=C(CN(Cc2ccc(C=C)cc2)C(CC)CO)CC1. The molecule has 0 radical (unpaired) electrons. The Morgan fingerprint density at radius 2 is 1.83 bits per heavy atom. The largest absolute Gasteiger partial charge is 0.395 e. The molecule has 1 aliphatic rings. The van der Waals surface area contributed by atoms with Gasteiger partial charge in [-0.2, -0.15) is 0 Å². The summed E-state index contributed by atoms with van der Waals surface area (Å²) < 4.78 is 0. The van der Waals surface area contributed by atoms with Crippen molar-refractivity contribution in [1.29, 1.82) is 0 Å². The fourth-order valence-electron chi connectivity index (χ4n) is 3.07. The van der Waals surface area contributed by atoms with Crippen molar-refractivity contribution < 1.29 is 5.11 Å². The molecule has 0 saturated carbocycles. The van der Waals surface area contributed by atoms with Crippen LogP contribution in [0.1, 0.15) is 37.3 Å². The number of nitrogens with zero attached hydrogens (tertiary/aromatic N) is 1. The van der Waals surface area contributed by atoms with Crippen LogP contribution in [0.5, 0.6) is 0 Å². The van der Waals surface area contributed by atoms with Gasteiger partial charge in [-0.05, 0) is 36.0 Å². The van der Waals surface area contributed by atoms with E-state index in [-0.39, 0.29) is 12.6 Å². The van der Waals surface area contributed by atoms with Crippen LogP contribution < -0.4 is 0 Å². The Bertz CT molecular complexity index is 605. The summed E-state index contributed by atoms with van der Waals surface area (Å²) in [4.78, 5) is 2.39. The summed E-state index contributed by atoms with van der Waals surface area (Å²) in [6, 6.07) is 8.69. The Morgan fingerprint density at radius 1 is 1.08 bits per heavy atom. The van der Waals surface area contributed by atoms with Crippen LogP contribution in [0.3, 0.4) is 0 Å². The van der Waals surface area contributed by atoms with E-state index in [9.17, 15) is 5.11 Å². The summed E-state index contributed by atoms with van der Waals surface area (Å²) in [5.41, 5.74) is 5.14. The minimum atomic E-state index is 0.190. The first-order valence-corrected chi connectivity index (χ1v) is 8.77. The molecule has 0 spiro atoms. The summed E-state index contributed by atoms with van der Waals surface area (Å²) in [7, 11) is 0. The van der Waals surface area contributed by atoms with E-state index in [4.69, 9.17) is 0 Å². The van der Waals surface area contributed by atoms with Crippen LogP contribution >= 0.6 is 0 Å². The molecule has 0 heterocycles. The summed E-state index contributed by atoms with van der Waals surface area (Å²) >= 11 is 0. The van der Waals surface area contributed by atoms with Gasteiger partial charge in [-0.3, -0.25) is 4.90 Å². The van der Waals surface area contributed by atoms with Gasteiger partial charge < -0.3 is 5.11 Å². The quantitative estimate of drug-likeness (QED) is 0.710. The molecule has 24 heavy (non-hydrogen) atoms. The Hall–Kier alpha value is -1.90. The maximum atomic E-state index is 9.77. The molecule has 0 aliphatic heterocycles. The van der Waals surface area contributed by atoms with Crippen molar-refractivity contribution in [2.75, 3.05) is 13.2 Å². The fourth-order valence-corrected chi connectivity index (χ4v) is 3.07. The molecule has 0 aromatic heterocycles. The van der Waals surface area contributed by atoms with Gasteiger partial charge in [0.05, 0.1) is 6.61 Å². The van der Waals surface area contributed by atoms with E-state index >= 15 is 0 Å². The third-order valence-corrected chi connectivity index (χ3v) is 4.74. The lowest BCUT2D eigenvalue weighted by Crippen LogP contribution is -2.38. The van der Waals surface area contributed by atoms with Crippen LogP contribution in [0.4, 0.5) is 0 Å². The van der Waals surface area contributed by atoms with Gasteiger partial charge in [0, 0.05) is 19.1 Å². The van der Waals surface area contributed by atoms with Gasteiger partial charge in [0.1, 0.15) is 0 Å². The normalized spacial score (nSPS) is 15.6. The van der Waals surface area contributed by atoms with Crippen LogP contribution in [0.15, 0.2) is 66.8 Å². The molecular weight excluding hydrogens is 294 g/mol. The Balaban J connectivity index is 2.12. The zero-order valence-corrected chi connectivity index (χ0v) is 14.7. The predicted molar refractivity (Wildman–Crippen MR) is 104 cm³/mol. The molecule has 1 aliphatic carbocycles. The fraction of sp³-hybridized carbons (Fsp3) is 0.364. The summed E-state index contributed by atoms with van der Waals surface area (Å²) in [5.74, 6) is 0. The molecule has 0 bridgehead atoms. The minimum absolute atomic E-state index is 0.190. The zero-order valence-electron chi connectivity index (χ0n) is 14.7. The molecule has 1 atom stereocenters. The molecule has 1 N–H and O–H groups in total. The third kappa shape index (κ3) is 5.05. The standard InChI is InChI=1S/C22H29NO/c1-4-18-7-11-20(12-8-18)15-23(22(6-3)17-24)16-21-13-9-19(5-2)10-14-21/h4-5,7-9,11-13,22,24H,1-2,6,10,14-17H2,3H3. The number of hydrogen-bond acceptors (Lipinski definition) is 2. The highest BCUT2D eigenvalue weighted by Gasteiger charge is 2.18. The number of aliphatic hydroxyl groups is 1. The number of allylic oxidation sites excluding steroid dienone is 4. The molecule has 2 rings (SSSR count). The summed E-state index contributed by atoms with van der Waals surface area (Å²) in [6.45, 7) is 11.7. The Morgan fingerprint density at radius 3 is 2.33 bits per heavy atom. The van der Waals surface area contributed by atoms with Gasteiger partial charge in [-0.15, -0.1) is 0 Å². The van der Waals surface area contributed by atoms with Gasteiger partial charge in [0.2, 0.25) is 0 Å². The van der Waals surface area contributed by atoms with E-state index in [1.54, 1.807) is 0 Å². The van der Waals surface area contributed by atoms with E-state index in [1.165, 1.54) is 16.7 Å². The lowest BCUT2D eigenvalue weighted by atomic mass is 9.97. The molecule has 0 saturated heterocycles. The topological polar surface area (TPSA) is 23.5 Å². The Labute approximate surface area is 146 Å². The first-order chi connectivity index (χ1) is 11.7. The molecule has 0 amide bonds. The van der Waals surface area contributed by atoms with Crippen LogP contribution in [0, 0.1) is 0 Å². The number of hydrogen-bond donors (Lipinski definition) is 1. The lowest BCUT2D eigenvalue weighted by molar-refractivity contribution is 0.121. The lowest BCUT2D eigenvalue weighted by Gasteiger charge is -2.31. The van der Waals surface area contributed by atoms with Gasteiger partial charge in [0.15, 0.2) is 0 Å². The maximum absolute atomic E-state index is 9.77. The molecule has 2 heteroatoms. The Kier molecular flexibility index (Phi) is 7.23. The van der Waals surface area contributed by atoms with E-state index in [2.05, 4.69) is 61.4 Å². The minimum Gasteiger partial charge on any atom is -0.395 e.